The van der Waals surface area contributed by atoms with Crippen LogP contribution in [0.25, 0.3) is 11.3 Å². The molecule has 0 aliphatic carbocycles. The number of nitrogens with zero attached hydrogens (tertiary/aromatic N) is 3. The number of hydrogen-bond donors (Lipinski definition) is 0. The average Bonchev–Trinajstić information content (AvgIpc) is 3.23. The third kappa shape index (κ3) is 2.96. The summed E-state index contributed by atoms with van der Waals surface area (Å²) in [6.45, 7) is 3.52. The van der Waals surface area contributed by atoms with Crippen molar-refractivity contribution in [3.63, 3.8) is 0 Å². The van der Waals surface area contributed by atoms with Crippen LogP contribution in [0, 0.1) is 17.2 Å². The SMILES string of the molecule is N#Cc1cccc(CN2CC3CC(C2)c2ccc(-c4ccco4)c(=O)n2C3)c1. The normalized spacial score (nSPS) is 21.1. The van der Waals surface area contributed by atoms with Gasteiger partial charge in [-0.05, 0) is 54.3 Å². The van der Waals surface area contributed by atoms with Crippen LogP contribution in [-0.4, -0.2) is 22.6 Å². The van der Waals surface area contributed by atoms with Gasteiger partial charge in [0, 0.05) is 37.8 Å². The minimum Gasteiger partial charge on any atom is -0.464 e. The van der Waals surface area contributed by atoms with Gasteiger partial charge in [-0.3, -0.25) is 9.69 Å². The van der Waals surface area contributed by atoms with Crippen molar-refractivity contribution in [3.05, 3.63) is 82.0 Å². The van der Waals surface area contributed by atoms with Gasteiger partial charge in [-0.2, -0.15) is 5.26 Å². The summed E-state index contributed by atoms with van der Waals surface area (Å²) in [5.74, 6) is 1.47. The topological polar surface area (TPSA) is 62.2 Å². The number of nitriles is 1. The van der Waals surface area contributed by atoms with Crippen LogP contribution >= 0.6 is 0 Å². The van der Waals surface area contributed by atoms with Gasteiger partial charge >= 0.3 is 0 Å². The monoisotopic (exact) mass is 371 g/mol. The van der Waals surface area contributed by atoms with E-state index in [0.717, 1.165) is 38.3 Å². The van der Waals surface area contributed by atoms with Crippen LogP contribution in [0.4, 0.5) is 0 Å². The molecule has 0 spiro atoms. The number of rotatable bonds is 3. The van der Waals surface area contributed by atoms with Crippen LogP contribution in [0.1, 0.15) is 29.2 Å². The molecule has 2 aromatic heterocycles. The van der Waals surface area contributed by atoms with Crippen LogP contribution in [0.5, 0.6) is 0 Å². The summed E-state index contributed by atoms with van der Waals surface area (Å²) in [5.41, 5.74) is 3.70. The Kier molecular flexibility index (Phi) is 4.14. The predicted molar refractivity (Wildman–Crippen MR) is 106 cm³/mol. The largest absolute Gasteiger partial charge is 0.464 e. The first-order valence-corrected chi connectivity index (χ1v) is 9.70. The molecule has 140 valence electrons. The smallest absolute Gasteiger partial charge is 0.261 e. The Morgan fingerprint density at radius 1 is 1.11 bits per heavy atom. The van der Waals surface area contributed by atoms with E-state index in [1.165, 1.54) is 5.56 Å². The molecule has 28 heavy (non-hydrogen) atoms. The highest BCUT2D eigenvalue weighted by molar-refractivity contribution is 5.56. The lowest BCUT2D eigenvalue weighted by Gasteiger charge is -2.43. The van der Waals surface area contributed by atoms with Crippen molar-refractivity contribution in [3.8, 4) is 17.4 Å². The van der Waals surface area contributed by atoms with Crippen LogP contribution in [0.15, 0.2) is 64.0 Å². The molecule has 1 aromatic carbocycles. The molecule has 5 nitrogen and oxygen atoms in total. The molecule has 1 saturated heterocycles. The molecule has 2 bridgehead atoms. The lowest BCUT2D eigenvalue weighted by atomic mass is 9.82. The number of likely N-dealkylation sites (tertiary alicyclic amines) is 1. The molecular formula is C23H21N3O2. The maximum Gasteiger partial charge on any atom is 0.261 e. The minimum absolute atomic E-state index is 0.0531. The Hall–Kier alpha value is -3.10. The van der Waals surface area contributed by atoms with E-state index >= 15 is 0 Å². The van der Waals surface area contributed by atoms with E-state index in [4.69, 9.17) is 9.68 Å². The molecule has 1 fully saturated rings. The van der Waals surface area contributed by atoms with Crippen LogP contribution in [0.3, 0.4) is 0 Å². The number of benzene rings is 1. The summed E-state index contributed by atoms with van der Waals surface area (Å²) in [5, 5.41) is 9.12. The van der Waals surface area contributed by atoms with E-state index in [2.05, 4.69) is 23.1 Å². The molecule has 2 aliphatic heterocycles. The standard InChI is InChI=1S/C23H21N3O2/c24-11-16-3-1-4-17(9-16)12-25-13-18-10-19(15-25)21-7-6-20(22-5-2-8-28-22)23(27)26(21)14-18/h1-9,18-19H,10,12-15H2. The molecule has 2 unspecified atom stereocenters. The molecule has 0 radical (unpaired) electrons. The van der Waals surface area contributed by atoms with Crippen molar-refractivity contribution in [2.24, 2.45) is 5.92 Å². The van der Waals surface area contributed by atoms with Crippen LogP contribution in [-0.2, 0) is 13.1 Å². The third-order valence-corrected chi connectivity index (χ3v) is 5.93. The maximum absolute atomic E-state index is 13.0. The summed E-state index contributed by atoms with van der Waals surface area (Å²) < 4.78 is 7.41. The summed E-state index contributed by atoms with van der Waals surface area (Å²) in [7, 11) is 0. The van der Waals surface area contributed by atoms with Gasteiger partial charge < -0.3 is 8.98 Å². The van der Waals surface area contributed by atoms with Crippen molar-refractivity contribution in [2.75, 3.05) is 13.1 Å². The molecular weight excluding hydrogens is 350 g/mol. The number of hydrogen-bond acceptors (Lipinski definition) is 4. The van der Waals surface area contributed by atoms with Gasteiger partial charge in [0.1, 0.15) is 5.76 Å². The molecule has 0 amide bonds. The first-order valence-electron chi connectivity index (χ1n) is 9.70. The van der Waals surface area contributed by atoms with Gasteiger partial charge in [-0.15, -0.1) is 0 Å². The first-order chi connectivity index (χ1) is 13.7. The number of furan rings is 1. The van der Waals surface area contributed by atoms with Crippen LogP contribution in [0.2, 0.25) is 0 Å². The predicted octanol–water partition coefficient (Wildman–Crippen LogP) is 3.60. The van der Waals surface area contributed by atoms with E-state index in [0.29, 0.717) is 28.7 Å². The lowest BCUT2D eigenvalue weighted by Crippen LogP contribution is -2.46. The second kappa shape index (κ2) is 6.81. The molecule has 0 N–H and O–H groups in total. The molecule has 5 rings (SSSR count). The van der Waals surface area contributed by atoms with Crippen molar-refractivity contribution >= 4 is 0 Å². The average molecular weight is 371 g/mol. The van der Waals surface area contributed by atoms with Gasteiger partial charge in [-0.1, -0.05) is 12.1 Å². The second-order valence-electron chi connectivity index (χ2n) is 7.87. The van der Waals surface area contributed by atoms with E-state index in [9.17, 15) is 4.79 Å². The van der Waals surface area contributed by atoms with Crippen LogP contribution < -0.4 is 5.56 Å². The van der Waals surface area contributed by atoms with Crippen molar-refractivity contribution in [1.29, 1.82) is 5.26 Å². The Bertz CT molecular complexity index is 1110. The summed E-state index contributed by atoms with van der Waals surface area (Å²) in [6, 6.07) is 17.7. The zero-order valence-corrected chi connectivity index (χ0v) is 15.5. The third-order valence-electron chi connectivity index (χ3n) is 5.93. The van der Waals surface area contributed by atoms with Gasteiger partial charge in [0.05, 0.1) is 23.5 Å². The fraction of sp³-hybridized carbons (Fsp3) is 0.304. The van der Waals surface area contributed by atoms with Gasteiger partial charge in [0.2, 0.25) is 0 Å². The summed E-state index contributed by atoms with van der Waals surface area (Å²) in [4.78, 5) is 15.5. The van der Waals surface area contributed by atoms with Gasteiger partial charge in [-0.25, -0.2) is 0 Å². The fourth-order valence-electron chi connectivity index (χ4n) is 4.79. The van der Waals surface area contributed by atoms with Gasteiger partial charge in [0.25, 0.3) is 5.56 Å². The van der Waals surface area contributed by atoms with Gasteiger partial charge in [0.15, 0.2) is 0 Å². The number of piperidine rings is 1. The molecule has 2 atom stereocenters. The Morgan fingerprint density at radius 3 is 2.86 bits per heavy atom. The van der Waals surface area contributed by atoms with Crippen molar-refractivity contribution in [2.45, 2.75) is 25.4 Å². The Morgan fingerprint density at radius 2 is 2.04 bits per heavy atom. The van der Waals surface area contributed by atoms with Crippen molar-refractivity contribution in [1.82, 2.24) is 9.47 Å². The minimum atomic E-state index is 0.0531. The molecule has 0 saturated carbocycles. The molecule has 3 aromatic rings. The van der Waals surface area contributed by atoms with Crippen molar-refractivity contribution < 1.29 is 4.42 Å². The van der Waals surface area contributed by atoms with E-state index in [1.54, 1.807) is 6.26 Å². The Balaban J connectivity index is 1.42. The lowest BCUT2D eigenvalue weighted by molar-refractivity contribution is 0.114. The molecule has 5 heteroatoms. The van der Waals surface area contributed by atoms with E-state index < -0.39 is 0 Å². The number of fused-ring (bicyclic) bond motifs is 4. The molecule has 2 aliphatic rings. The summed E-state index contributed by atoms with van der Waals surface area (Å²) in [6.07, 6.45) is 2.74. The van der Waals surface area contributed by atoms with E-state index in [-0.39, 0.29) is 5.56 Å². The highest BCUT2D eigenvalue weighted by Gasteiger charge is 2.35. The quantitative estimate of drug-likeness (QED) is 0.706. The zero-order valence-electron chi connectivity index (χ0n) is 15.5. The highest BCUT2D eigenvalue weighted by atomic mass is 16.3. The highest BCUT2D eigenvalue weighted by Crippen LogP contribution is 2.36. The number of aromatic nitrogens is 1. The zero-order chi connectivity index (χ0) is 19.1. The Labute approximate surface area is 163 Å². The number of pyridine rings is 1. The first kappa shape index (κ1) is 17.0. The maximum atomic E-state index is 13.0. The second-order valence-corrected chi connectivity index (χ2v) is 7.87. The summed E-state index contributed by atoms with van der Waals surface area (Å²) >= 11 is 0. The fourth-order valence-corrected chi connectivity index (χ4v) is 4.79. The van der Waals surface area contributed by atoms with E-state index in [1.807, 2.05) is 41.0 Å². The molecule has 4 heterocycles.